The van der Waals surface area contributed by atoms with Crippen LogP contribution < -0.4 is 16.4 Å². The van der Waals surface area contributed by atoms with E-state index in [4.69, 9.17) is 19.9 Å². The predicted octanol–water partition coefficient (Wildman–Crippen LogP) is 3.45. The molecule has 0 spiro atoms. The molecule has 38 heavy (non-hydrogen) atoms. The lowest BCUT2D eigenvalue weighted by Gasteiger charge is -2.15. The number of pyridine rings is 2. The van der Waals surface area contributed by atoms with Crippen LogP contribution in [-0.4, -0.2) is 46.7 Å². The van der Waals surface area contributed by atoms with Gasteiger partial charge in [0.1, 0.15) is 21.8 Å². The van der Waals surface area contributed by atoms with E-state index in [1.165, 1.54) is 28.9 Å². The van der Waals surface area contributed by atoms with Crippen molar-refractivity contribution in [3.63, 3.8) is 0 Å². The van der Waals surface area contributed by atoms with Crippen LogP contribution in [0.3, 0.4) is 0 Å². The first-order valence-electron chi connectivity index (χ1n) is 12.5. The highest BCUT2D eigenvalue weighted by atomic mass is 32.1. The summed E-state index contributed by atoms with van der Waals surface area (Å²) in [5, 5.41) is 12.4. The number of aryl methyl sites for hydroxylation is 3. The topological polar surface area (TPSA) is 128 Å². The number of amides is 1. The van der Waals surface area contributed by atoms with E-state index < -0.39 is 11.9 Å². The molecule has 0 aromatic carbocycles. The van der Waals surface area contributed by atoms with Gasteiger partial charge >= 0.3 is 5.97 Å². The van der Waals surface area contributed by atoms with E-state index in [1.807, 2.05) is 13.0 Å². The van der Waals surface area contributed by atoms with Crippen molar-refractivity contribution in [2.75, 3.05) is 26.1 Å². The highest BCUT2D eigenvalue weighted by Gasteiger charge is 2.28. The van der Waals surface area contributed by atoms with Gasteiger partial charge in [-0.05, 0) is 62.3 Å². The highest BCUT2D eigenvalue weighted by Crippen LogP contribution is 2.38. The number of esters is 1. The molecule has 4 aromatic rings. The Morgan fingerprint density at radius 1 is 1.21 bits per heavy atom. The molecule has 5 rings (SSSR count). The van der Waals surface area contributed by atoms with Crippen LogP contribution in [0, 0.1) is 12.3 Å². The maximum absolute atomic E-state index is 13.6. The maximum atomic E-state index is 13.6. The molecule has 0 saturated carbocycles. The van der Waals surface area contributed by atoms with Crippen LogP contribution in [0.1, 0.15) is 56.0 Å². The van der Waals surface area contributed by atoms with Crippen LogP contribution in [0.4, 0.5) is 5.00 Å². The molecule has 2 N–H and O–H groups in total. The number of anilines is 1. The van der Waals surface area contributed by atoms with E-state index in [1.54, 1.807) is 23.9 Å². The van der Waals surface area contributed by atoms with E-state index in [2.05, 4.69) is 5.32 Å². The number of ether oxygens (including phenoxy) is 2. The number of hydrogen-bond donors (Lipinski definition) is 2. The van der Waals surface area contributed by atoms with E-state index in [9.17, 15) is 14.4 Å². The lowest BCUT2D eigenvalue weighted by atomic mass is 9.95. The van der Waals surface area contributed by atoms with Gasteiger partial charge in [0.25, 0.3) is 11.5 Å². The van der Waals surface area contributed by atoms with Crippen molar-refractivity contribution >= 4 is 44.9 Å². The Kier molecular flexibility index (Phi) is 7.13. The second-order valence-electron chi connectivity index (χ2n) is 9.30. The van der Waals surface area contributed by atoms with Gasteiger partial charge < -0.3 is 19.4 Å². The van der Waals surface area contributed by atoms with Crippen molar-refractivity contribution in [2.24, 2.45) is 0 Å². The Balaban J connectivity index is 1.66. The highest BCUT2D eigenvalue weighted by molar-refractivity contribution is 7.17. The molecule has 1 aliphatic rings. The summed E-state index contributed by atoms with van der Waals surface area (Å²) in [5.74, 6) is -1.07. The number of rotatable bonds is 7. The Morgan fingerprint density at radius 3 is 2.76 bits per heavy atom. The number of methoxy groups -OCH3 is 2. The molecule has 4 heterocycles. The summed E-state index contributed by atoms with van der Waals surface area (Å²) in [7, 11) is 2.91. The SMILES string of the molecule is COCCCn1c(=N)c(C(=O)Nc2sc3c(c2C(=O)OC)CCCC3)cc2c(=O)n3cccc(C)c3nc21. The smallest absolute Gasteiger partial charge is 0.341 e. The van der Waals surface area contributed by atoms with Crippen molar-refractivity contribution in [1.82, 2.24) is 14.0 Å². The summed E-state index contributed by atoms with van der Waals surface area (Å²) in [6.07, 6.45) is 5.78. The molecule has 10 nitrogen and oxygen atoms in total. The molecule has 0 bridgehead atoms. The Morgan fingerprint density at radius 2 is 2.00 bits per heavy atom. The minimum absolute atomic E-state index is 0.0172. The van der Waals surface area contributed by atoms with Crippen LogP contribution in [0.25, 0.3) is 16.7 Å². The number of hydrogen-bond acceptors (Lipinski definition) is 8. The van der Waals surface area contributed by atoms with E-state index in [-0.39, 0.29) is 22.0 Å². The van der Waals surface area contributed by atoms with Gasteiger partial charge in [-0.25, -0.2) is 9.78 Å². The second-order valence-corrected chi connectivity index (χ2v) is 10.4. The fourth-order valence-electron chi connectivity index (χ4n) is 5.00. The fraction of sp³-hybridized carbons (Fsp3) is 0.370. The Labute approximate surface area is 222 Å². The number of carbonyl (C=O) groups excluding carboxylic acids is 2. The lowest BCUT2D eigenvalue weighted by molar-refractivity contribution is 0.0601. The van der Waals surface area contributed by atoms with Crippen LogP contribution in [-0.2, 0) is 28.9 Å². The predicted molar refractivity (Wildman–Crippen MR) is 144 cm³/mol. The number of carbonyl (C=O) groups is 2. The Bertz CT molecular complexity index is 1700. The normalized spacial score (nSPS) is 13.0. The maximum Gasteiger partial charge on any atom is 0.341 e. The number of thiophene rings is 1. The van der Waals surface area contributed by atoms with Gasteiger partial charge in [0.2, 0.25) is 0 Å². The number of nitrogens with zero attached hydrogens (tertiary/aromatic N) is 3. The quantitative estimate of drug-likeness (QED) is 0.212. The molecule has 0 aliphatic heterocycles. The zero-order valence-electron chi connectivity index (χ0n) is 21.6. The minimum atomic E-state index is -0.574. The van der Waals surface area contributed by atoms with E-state index in [0.29, 0.717) is 41.4 Å². The van der Waals surface area contributed by atoms with Crippen LogP contribution in [0.5, 0.6) is 0 Å². The Hall–Kier alpha value is -3.83. The van der Waals surface area contributed by atoms with E-state index in [0.717, 1.165) is 41.7 Å². The van der Waals surface area contributed by atoms with Crippen molar-refractivity contribution in [1.29, 1.82) is 5.41 Å². The van der Waals surface area contributed by atoms with Gasteiger partial charge in [0.15, 0.2) is 0 Å². The number of fused-ring (bicyclic) bond motifs is 3. The molecular weight excluding hydrogens is 506 g/mol. The molecule has 0 fully saturated rings. The molecule has 4 aromatic heterocycles. The summed E-state index contributed by atoms with van der Waals surface area (Å²) in [5.41, 5.74) is 2.57. The van der Waals surface area contributed by atoms with Gasteiger partial charge in [-0.15, -0.1) is 11.3 Å². The summed E-state index contributed by atoms with van der Waals surface area (Å²) in [6.45, 7) is 2.64. The molecule has 0 unspecified atom stereocenters. The minimum Gasteiger partial charge on any atom is -0.465 e. The third kappa shape index (κ3) is 4.41. The van der Waals surface area contributed by atoms with Crippen LogP contribution in [0.15, 0.2) is 29.2 Å². The van der Waals surface area contributed by atoms with Gasteiger partial charge in [-0.1, -0.05) is 6.07 Å². The molecule has 1 aliphatic carbocycles. The molecule has 0 radical (unpaired) electrons. The van der Waals surface area contributed by atoms with Gasteiger partial charge in [0, 0.05) is 31.3 Å². The summed E-state index contributed by atoms with van der Waals surface area (Å²) in [4.78, 5) is 45.6. The summed E-state index contributed by atoms with van der Waals surface area (Å²) in [6, 6.07) is 5.06. The lowest BCUT2D eigenvalue weighted by Crippen LogP contribution is -2.32. The molecule has 0 atom stereocenters. The monoisotopic (exact) mass is 535 g/mol. The van der Waals surface area contributed by atoms with Gasteiger partial charge in [-0.3, -0.25) is 19.4 Å². The first-order chi connectivity index (χ1) is 18.3. The molecular formula is C27H29N5O5S. The molecule has 0 saturated heterocycles. The van der Waals surface area contributed by atoms with Crippen molar-refractivity contribution in [2.45, 2.75) is 45.6 Å². The third-order valence-electron chi connectivity index (χ3n) is 6.90. The fourth-order valence-corrected chi connectivity index (χ4v) is 6.27. The second kappa shape index (κ2) is 10.5. The summed E-state index contributed by atoms with van der Waals surface area (Å²) < 4.78 is 13.2. The van der Waals surface area contributed by atoms with Crippen LogP contribution >= 0.6 is 11.3 Å². The number of aromatic nitrogens is 3. The molecule has 11 heteroatoms. The standard InChI is InChI=1S/C27H29N5O5S/c1-15-8-6-11-32-22(15)29-23-18(26(32)34)14-17(21(28)31(23)12-7-13-36-2)24(33)30-25-20(27(35)37-3)16-9-4-5-10-19(16)38-25/h6,8,11,14,28H,4-5,7,9-10,12-13H2,1-3H3,(H,30,33). The largest absolute Gasteiger partial charge is 0.465 e. The zero-order chi connectivity index (χ0) is 27.0. The average Bonchev–Trinajstić information content (AvgIpc) is 3.28. The van der Waals surface area contributed by atoms with Crippen molar-refractivity contribution < 1.29 is 19.1 Å². The van der Waals surface area contributed by atoms with Crippen molar-refractivity contribution in [3.05, 3.63) is 67.4 Å². The van der Waals surface area contributed by atoms with Gasteiger partial charge in [-0.2, -0.15) is 0 Å². The third-order valence-corrected chi connectivity index (χ3v) is 8.10. The number of nitrogens with one attached hydrogen (secondary N) is 2. The zero-order valence-corrected chi connectivity index (χ0v) is 22.4. The summed E-state index contributed by atoms with van der Waals surface area (Å²) >= 11 is 1.37. The molecule has 198 valence electrons. The van der Waals surface area contributed by atoms with E-state index >= 15 is 0 Å². The average molecular weight is 536 g/mol. The molecule has 1 amide bonds. The van der Waals surface area contributed by atoms with Gasteiger partial charge in [0.05, 0.1) is 23.6 Å². The first kappa shape index (κ1) is 25.8. The van der Waals surface area contributed by atoms with Crippen LogP contribution in [0.2, 0.25) is 0 Å². The first-order valence-corrected chi connectivity index (χ1v) is 13.3. The van der Waals surface area contributed by atoms with Crippen molar-refractivity contribution in [3.8, 4) is 0 Å².